The number of likely N-dealkylation sites (tertiary alicyclic amines) is 1. The molecule has 2 heterocycles. The molecule has 4 rings (SSSR count). The van der Waals surface area contributed by atoms with Crippen molar-refractivity contribution in [2.24, 2.45) is 5.92 Å². The van der Waals surface area contributed by atoms with E-state index in [4.69, 9.17) is 16.9 Å². The highest BCUT2D eigenvalue weighted by Crippen LogP contribution is 2.28. The molecule has 3 atom stereocenters. The van der Waals surface area contributed by atoms with Crippen molar-refractivity contribution < 1.29 is 18.3 Å². The van der Waals surface area contributed by atoms with Gasteiger partial charge in [-0.1, -0.05) is 29.8 Å². The summed E-state index contributed by atoms with van der Waals surface area (Å²) in [6, 6.07) is 14.8. The average Bonchev–Trinajstić information content (AvgIpc) is 3.28. The minimum absolute atomic E-state index is 0.0283. The van der Waals surface area contributed by atoms with Crippen LogP contribution in [0.4, 0.5) is 0 Å². The maximum atomic E-state index is 13.3. The molecule has 0 spiro atoms. The maximum absolute atomic E-state index is 13.3. The molecule has 34 heavy (non-hydrogen) atoms. The molecular weight excluding hydrogens is 476 g/mol. The lowest BCUT2D eigenvalue weighted by Gasteiger charge is -2.34. The molecule has 8 nitrogen and oxygen atoms in total. The van der Waals surface area contributed by atoms with Crippen molar-refractivity contribution in [3.63, 3.8) is 0 Å². The first-order chi connectivity index (χ1) is 16.2. The van der Waals surface area contributed by atoms with Gasteiger partial charge in [0.1, 0.15) is 6.23 Å². The van der Waals surface area contributed by atoms with Gasteiger partial charge in [-0.2, -0.15) is 9.57 Å². The first kappa shape index (κ1) is 24.6. The predicted molar refractivity (Wildman–Crippen MR) is 127 cm³/mol. The minimum atomic E-state index is -3.76. The van der Waals surface area contributed by atoms with Crippen molar-refractivity contribution in [1.29, 1.82) is 5.26 Å². The number of nitrogens with zero attached hydrogens (tertiary/aromatic N) is 3. The number of nitrogens with one attached hydrogen (secondary N) is 1. The first-order valence-electron chi connectivity index (χ1n) is 11.2. The second-order valence-corrected chi connectivity index (χ2v) is 11.1. The molecule has 2 N–H and O–H groups in total. The Bertz CT molecular complexity index is 1190. The van der Waals surface area contributed by atoms with Gasteiger partial charge in [0.2, 0.25) is 10.0 Å². The van der Waals surface area contributed by atoms with Gasteiger partial charge in [0.05, 0.1) is 22.9 Å². The lowest BCUT2D eigenvalue weighted by molar-refractivity contribution is 0.0319. The van der Waals surface area contributed by atoms with Gasteiger partial charge < -0.3 is 10.0 Å². The van der Waals surface area contributed by atoms with E-state index in [2.05, 4.69) is 11.4 Å². The number of carbonyl (C=O) groups excluding carboxylic acids is 1. The number of hydrogen-bond acceptors (Lipinski definition) is 6. The second-order valence-electron chi connectivity index (χ2n) is 8.77. The SMILES string of the molecule is C[C@@H](NC(O)[C@H]1CCCN1C(=O)c1cccc(S(=O)(=O)N2CC(C#N)C2)c1)c1ccc(Cl)cc1. The number of sulfonamides is 1. The molecule has 2 saturated heterocycles. The Hall–Kier alpha value is -2.48. The summed E-state index contributed by atoms with van der Waals surface area (Å²) in [6.45, 7) is 2.73. The fraction of sp³-hybridized carbons (Fsp3) is 0.417. The van der Waals surface area contributed by atoms with Gasteiger partial charge in [0, 0.05) is 36.3 Å². The second kappa shape index (κ2) is 10.0. The number of halogens is 1. The van der Waals surface area contributed by atoms with Gasteiger partial charge in [0.25, 0.3) is 5.91 Å². The zero-order chi connectivity index (χ0) is 24.5. The monoisotopic (exact) mass is 502 g/mol. The van der Waals surface area contributed by atoms with E-state index in [-0.39, 0.29) is 41.4 Å². The summed E-state index contributed by atoms with van der Waals surface area (Å²) in [7, 11) is -3.76. The van der Waals surface area contributed by atoms with E-state index >= 15 is 0 Å². The largest absolute Gasteiger partial charge is 0.376 e. The summed E-state index contributed by atoms with van der Waals surface area (Å²) in [6.07, 6.45) is 0.424. The normalized spacial score (nSPS) is 21.0. The van der Waals surface area contributed by atoms with E-state index in [1.807, 2.05) is 19.1 Å². The van der Waals surface area contributed by atoms with Gasteiger partial charge in [-0.25, -0.2) is 8.42 Å². The zero-order valence-electron chi connectivity index (χ0n) is 18.8. The third kappa shape index (κ3) is 4.97. The molecule has 2 fully saturated rings. The fourth-order valence-corrected chi connectivity index (χ4v) is 6.11. The van der Waals surface area contributed by atoms with Crippen LogP contribution in [0.1, 0.15) is 41.7 Å². The smallest absolute Gasteiger partial charge is 0.254 e. The molecule has 0 bridgehead atoms. The van der Waals surface area contributed by atoms with Crippen molar-refractivity contribution in [2.75, 3.05) is 19.6 Å². The molecule has 1 unspecified atom stereocenters. The van der Waals surface area contributed by atoms with Crippen molar-refractivity contribution in [3.05, 3.63) is 64.7 Å². The molecule has 2 aliphatic rings. The van der Waals surface area contributed by atoms with Crippen LogP contribution in [-0.2, 0) is 10.0 Å². The Morgan fingerprint density at radius 1 is 1.24 bits per heavy atom. The molecule has 0 aliphatic carbocycles. The molecule has 2 aromatic rings. The van der Waals surface area contributed by atoms with Gasteiger partial charge >= 0.3 is 0 Å². The van der Waals surface area contributed by atoms with Crippen molar-refractivity contribution in [1.82, 2.24) is 14.5 Å². The minimum Gasteiger partial charge on any atom is -0.376 e. The Morgan fingerprint density at radius 2 is 1.94 bits per heavy atom. The average molecular weight is 503 g/mol. The lowest BCUT2D eigenvalue weighted by atomic mass is 10.1. The molecule has 0 aromatic heterocycles. The zero-order valence-corrected chi connectivity index (χ0v) is 20.3. The molecule has 0 radical (unpaired) electrons. The summed E-state index contributed by atoms with van der Waals surface area (Å²) in [5.74, 6) is -0.618. The number of benzene rings is 2. The van der Waals surface area contributed by atoms with E-state index in [1.54, 1.807) is 29.2 Å². The van der Waals surface area contributed by atoms with Crippen molar-refractivity contribution in [2.45, 2.75) is 43.0 Å². The van der Waals surface area contributed by atoms with Crippen LogP contribution in [0.25, 0.3) is 0 Å². The first-order valence-corrected chi connectivity index (χ1v) is 13.0. The van der Waals surface area contributed by atoms with E-state index < -0.39 is 22.3 Å². The van der Waals surface area contributed by atoms with Crippen LogP contribution in [0, 0.1) is 17.2 Å². The third-order valence-electron chi connectivity index (χ3n) is 6.46. The van der Waals surface area contributed by atoms with E-state index in [9.17, 15) is 18.3 Å². The number of aliphatic hydroxyl groups is 1. The van der Waals surface area contributed by atoms with Crippen LogP contribution in [0.5, 0.6) is 0 Å². The highest BCUT2D eigenvalue weighted by atomic mass is 35.5. The molecule has 1 amide bonds. The van der Waals surface area contributed by atoms with Crippen molar-refractivity contribution >= 4 is 27.5 Å². The van der Waals surface area contributed by atoms with E-state index in [0.29, 0.717) is 18.0 Å². The number of rotatable bonds is 7. The number of amides is 1. The van der Waals surface area contributed by atoms with Gasteiger partial charge in [-0.15, -0.1) is 0 Å². The highest BCUT2D eigenvalue weighted by molar-refractivity contribution is 7.89. The van der Waals surface area contributed by atoms with Crippen LogP contribution in [0.15, 0.2) is 53.4 Å². The number of nitriles is 1. The molecular formula is C24H27ClN4O4S. The third-order valence-corrected chi connectivity index (χ3v) is 8.54. The Morgan fingerprint density at radius 3 is 2.62 bits per heavy atom. The van der Waals surface area contributed by atoms with Crippen LogP contribution in [0.2, 0.25) is 5.02 Å². The summed E-state index contributed by atoms with van der Waals surface area (Å²) in [4.78, 5) is 14.9. The highest BCUT2D eigenvalue weighted by Gasteiger charge is 2.38. The van der Waals surface area contributed by atoms with Crippen LogP contribution in [-0.4, -0.2) is 60.5 Å². The van der Waals surface area contributed by atoms with Gasteiger partial charge in [-0.05, 0) is 55.7 Å². The summed E-state index contributed by atoms with van der Waals surface area (Å²) in [5.41, 5.74) is 1.21. The standard InChI is InChI=1S/C24H27ClN4O4S/c1-16(18-7-9-20(25)10-8-18)27-23(30)22-6-3-11-29(22)24(31)19-4-2-5-21(12-19)34(32,33)28-14-17(13-26)15-28/h2,4-5,7-10,12,16-17,22-23,27,30H,3,6,11,14-15H2,1H3/t16-,22-,23?/m1/s1. The molecule has 0 saturated carbocycles. The summed E-state index contributed by atoms with van der Waals surface area (Å²) in [5, 5.41) is 23.6. The van der Waals surface area contributed by atoms with Gasteiger partial charge in [0.15, 0.2) is 0 Å². The predicted octanol–water partition coefficient (Wildman–Crippen LogP) is 2.76. The Balaban J connectivity index is 1.46. The summed E-state index contributed by atoms with van der Waals surface area (Å²) >= 11 is 5.95. The fourth-order valence-electron chi connectivity index (χ4n) is 4.41. The quantitative estimate of drug-likeness (QED) is 0.563. The van der Waals surface area contributed by atoms with E-state index in [0.717, 1.165) is 12.0 Å². The van der Waals surface area contributed by atoms with Crippen LogP contribution >= 0.6 is 11.6 Å². The Kier molecular flexibility index (Phi) is 7.26. The topological polar surface area (TPSA) is 114 Å². The maximum Gasteiger partial charge on any atom is 0.254 e. The number of carbonyl (C=O) groups is 1. The number of hydrogen-bond donors (Lipinski definition) is 2. The van der Waals surface area contributed by atoms with Crippen LogP contribution < -0.4 is 5.32 Å². The summed E-state index contributed by atoms with van der Waals surface area (Å²) < 4.78 is 27.0. The molecule has 2 aromatic carbocycles. The lowest BCUT2D eigenvalue weighted by Crippen LogP contribution is -2.50. The van der Waals surface area contributed by atoms with Crippen molar-refractivity contribution in [3.8, 4) is 6.07 Å². The van der Waals surface area contributed by atoms with Crippen LogP contribution in [0.3, 0.4) is 0 Å². The molecule has 2 aliphatic heterocycles. The molecule has 180 valence electrons. The Labute approximate surface area is 204 Å². The molecule has 10 heteroatoms. The number of aliphatic hydroxyl groups excluding tert-OH is 1. The van der Waals surface area contributed by atoms with Gasteiger partial charge in [-0.3, -0.25) is 10.1 Å². The van der Waals surface area contributed by atoms with E-state index in [1.165, 1.54) is 16.4 Å².